The molecule has 0 aliphatic carbocycles. The minimum Gasteiger partial charge on any atom is -0.204 e. The van der Waals surface area contributed by atoms with Gasteiger partial charge in [0.15, 0.2) is 11.6 Å². The molecule has 2 heteroatoms. The van der Waals surface area contributed by atoms with Crippen LogP contribution in [0.15, 0.2) is 24.3 Å². The molecule has 0 saturated carbocycles. The summed E-state index contributed by atoms with van der Waals surface area (Å²) in [6.07, 6.45) is 0.707. The van der Waals surface area contributed by atoms with Crippen molar-refractivity contribution in [2.45, 2.75) is 20.3 Å². The van der Waals surface area contributed by atoms with Gasteiger partial charge in [-0.1, -0.05) is 30.7 Å². The molecule has 0 aliphatic rings. The van der Waals surface area contributed by atoms with Crippen LogP contribution in [0.25, 0.3) is 10.8 Å². The fourth-order valence-corrected chi connectivity index (χ4v) is 1.92. The molecule has 15 heavy (non-hydrogen) atoms. The van der Waals surface area contributed by atoms with Gasteiger partial charge in [-0.2, -0.15) is 0 Å². The molecule has 2 aromatic rings. The maximum absolute atomic E-state index is 13.6. The van der Waals surface area contributed by atoms with E-state index in [1.165, 1.54) is 6.07 Å². The lowest BCUT2D eigenvalue weighted by atomic mass is 9.99. The van der Waals surface area contributed by atoms with Crippen molar-refractivity contribution in [3.8, 4) is 0 Å². The number of hydrogen-bond donors (Lipinski definition) is 0. The van der Waals surface area contributed by atoms with E-state index in [1.807, 2.05) is 26.0 Å². The quantitative estimate of drug-likeness (QED) is 0.661. The maximum Gasteiger partial charge on any atom is 0.166 e. The molecule has 0 bridgehead atoms. The highest BCUT2D eigenvalue weighted by molar-refractivity contribution is 5.87. The Bertz CT molecular complexity index is 515. The van der Waals surface area contributed by atoms with Crippen molar-refractivity contribution >= 4 is 10.8 Å². The zero-order chi connectivity index (χ0) is 11.0. The first-order valence-electron chi connectivity index (χ1n) is 5.00. The zero-order valence-corrected chi connectivity index (χ0v) is 8.77. The van der Waals surface area contributed by atoms with Gasteiger partial charge in [-0.05, 0) is 30.4 Å². The predicted molar refractivity (Wildman–Crippen MR) is 58.0 cm³/mol. The third-order valence-electron chi connectivity index (χ3n) is 2.61. The van der Waals surface area contributed by atoms with Gasteiger partial charge in [-0.15, -0.1) is 0 Å². The lowest BCUT2D eigenvalue weighted by molar-refractivity contribution is 0.516. The number of hydrogen-bond acceptors (Lipinski definition) is 0. The van der Waals surface area contributed by atoms with Crippen molar-refractivity contribution in [2.24, 2.45) is 0 Å². The van der Waals surface area contributed by atoms with Gasteiger partial charge in [0.25, 0.3) is 0 Å². The van der Waals surface area contributed by atoms with Crippen molar-refractivity contribution in [3.63, 3.8) is 0 Å². The van der Waals surface area contributed by atoms with Crippen molar-refractivity contribution in [3.05, 3.63) is 47.0 Å². The first kappa shape index (κ1) is 10.1. The van der Waals surface area contributed by atoms with Crippen LogP contribution in [0, 0.1) is 18.6 Å². The van der Waals surface area contributed by atoms with Crippen molar-refractivity contribution in [2.75, 3.05) is 0 Å². The van der Waals surface area contributed by atoms with Gasteiger partial charge in [-0.25, -0.2) is 8.78 Å². The molecule has 0 unspecified atom stereocenters. The molecule has 0 radical (unpaired) electrons. The molecule has 0 aliphatic heterocycles. The van der Waals surface area contributed by atoms with Gasteiger partial charge in [0.2, 0.25) is 0 Å². The Labute approximate surface area is 87.5 Å². The first-order valence-corrected chi connectivity index (χ1v) is 5.00. The zero-order valence-electron chi connectivity index (χ0n) is 8.77. The summed E-state index contributed by atoms with van der Waals surface area (Å²) in [7, 11) is 0. The molecule has 0 amide bonds. The van der Waals surface area contributed by atoms with E-state index in [1.54, 1.807) is 6.07 Å². The lowest BCUT2D eigenvalue weighted by Gasteiger charge is -2.07. The summed E-state index contributed by atoms with van der Waals surface area (Å²) in [5.74, 6) is -1.51. The van der Waals surface area contributed by atoms with E-state index in [4.69, 9.17) is 0 Å². The fourth-order valence-electron chi connectivity index (χ4n) is 1.92. The van der Waals surface area contributed by atoms with E-state index < -0.39 is 11.6 Å². The third-order valence-corrected chi connectivity index (χ3v) is 2.61. The molecule has 0 spiro atoms. The summed E-state index contributed by atoms with van der Waals surface area (Å²) in [6, 6.07) is 6.58. The molecule has 0 aromatic heterocycles. The number of halogens is 2. The van der Waals surface area contributed by atoms with Crippen LogP contribution in [0.1, 0.15) is 18.1 Å². The highest BCUT2D eigenvalue weighted by atomic mass is 19.2. The Morgan fingerprint density at radius 2 is 1.87 bits per heavy atom. The van der Waals surface area contributed by atoms with Crippen molar-refractivity contribution in [1.82, 2.24) is 0 Å². The highest BCUT2D eigenvalue weighted by Gasteiger charge is 2.10. The molecule has 0 N–H and O–H groups in total. The summed E-state index contributed by atoms with van der Waals surface area (Å²) in [6.45, 7) is 3.90. The Morgan fingerprint density at radius 1 is 1.13 bits per heavy atom. The molecule has 0 saturated heterocycles. The summed E-state index contributed by atoms with van der Waals surface area (Å²) in [5.41, 5.74) is 1.94. The topological polar surface area (TPSA) is 0 Å². The second-order valence-electron chi connectivity index (χ2n) is 3.74. The van der Waals surface area contributed by atoms with E-state index in [2.05, 4.69) is 0 Å². The molecule has 0 fully saturated rings. The lowest BCUT2D eigenvalue weighted by Crippen LogP contribution is -1.92. The van der Waals surface area contributed by atoms with Crippen LogP contribution in [0.2, 0.25) is 0 Å². The van der Waals surface area contributed by atoms with Crippen LogP contribution in [0.4, 0.5) is 8.78 Å². The molecular weight excluding hydrogens is 194 g/mol. The number of fused-ring (bicyclic) bond motifs is 1. The van der Waals surface area contributed by atoms with Crippen LogP contribution in [-0.4, -0.2) is 0 Å². The van der Waals surface area contributed by atoms with Gasteiger partial charge in [0, 0.05) is 5.39 Å². The molecule has 0 heterocycles. The SMILES string of the molecule is CCc1cc(C)cc2ccc(F)c(F)c12. The van der Waals surface area contributed by atoms with Crippen LogP contribution >= 0.6 is 0 Å². The van der Waals surface area contributed by atoms with Crippen LogP contribution in [-0.2, 0) is 6.42 Å². The Morgan fingerprint density at radius 3 is 2.53 bits per heavy atom. The van der Waals surface area contributed by atoms with E-state index in [0.29, 0.717) is 11.8 Å². The minimum absolute atomic E-state index is 0.420. The second kappa shape index (κ2) is 3.61. The van der Waals surface area contributed by atoms with E-state index in [0.717, 1.165) is 16.5 Å². The normalized spacial score (nSPS) is 10.9. The van der Waals surface area contributed by atoms with Crippen LogP contribution in [0.5, 0.6) is 0 Å². The summed E-state index contributed by atoms with van der Waals surface area (Å²) < 4.78 is 26.7. The van der Waals surface area contributed by atoms with Crippen LogP contribution < -0.4 is 0 Å². The average molecular weight is 206 g/mol. The van der Waals surface area contributed by atoms with Gasteiger partial charge >= 0.3 is 0 Å². The summed E-state index contributed by atoms with van der Waals surface area (Å²) in [4.78, 5) is 0. The van der Waals surface area contributed by atoms with E-state index in [9.17, 15) is 8.78 Å². The molecule has 0 atom stereocenters. The number of benzene rings is 2. The number of aryl methyl sites for hydroxylation is 2. The molecule has 0 nitrogen and oxygen atoms in total. The first-order chi connectivity index (χ1) is 7.13. The van der Waals surface area contributed by atoms with Crippen LogP contribution in [0.3, 0.4) is 0 Å². The minimum atomic E-state index is -0.777. The predicted octanol–water partition coefficient (Wildman–Crippen LogP) is 3.99. The second-order valence-corrected chi connectivity index (χ2v) is 3.74. The summed E-state index contributed by atoms with van der Waals surface area (Å²) >= 11 is 0. The smallest absolute Gasteiger partial charge is 0.166 e. The standard InChI is InChI=1S/C13H12F2/c1-3-9-6-8(2)7-10-4-5-11(14)13(15)12(9)10/h4-7H,3H2,1-2H3. The molecular formula is C13H12F2. The monoisotopic (exact) mass is 206 g/mol. The van der Waals surface area contributed by atoms with Gasteiger partial charge in [-0.3, -0.25) is 0 Å². The Kier molecular flexibility index (Phi) is 2.43. The van der Waals surface area contributed by atoms with Gasteiger partial charge in [0.05, 0.1) is 0 Å². The Hall–Kier alpha value is -1.44. The van der Waals surface area contributed by atoms with Crippen molar-refractivity contribution in [1.29, 1.82) is 0 Å². The average Bonchev–Trinajstić information content (AvgIpc) is 2.22. The summed E-state index contributed by atoms with van der Waals surface area (Å²) in [5, 5.41) is 1.19. The van der Waals surface area contributed by atoms with E-state index >= 15 is 0 Å². The molecule has 78 valence electrons. The molecule has 2 rings (SSSR count). The molecule has 2 aromatic carbocycles. The highest BCUT2D eigenvalue weighted by Crippen LogP contribution is 2.26. The maximum atomic E-state index is 13.6. The number of rotatable bonds is 1. The fraction of sp³-hybridized carbons (Fsp3) is 0.231. The largest absolute Gasteiger partial charge is 0.204 e. The van der Waals surface area contributed by atoms with E-state index in [-0.39, 0.29) is 0 Å². The van der Waals surface area contributed by atoms with Gasteiger partial charge in [0.1, 0.15) is 0 Å². The van der Waals surface area contributed by atoms with Gasteiger partial charge < -0.3 is 0 Å². The third kappa shape index (κ3) is 1.60. The Balaban J connectivity index is 2.91. The van der Waals surface area contributed by atoms with Crippen molar-refractivity contribution < 1.29 is 8.78 Å².